The molecule has 4 heteroatoms. The molecule has 1 amide bonds. The van der Waals surface area contributed by atoms with Crippen molar-refractivity contribution in [1.82, 2.24) is 5.32 Å². The van der Waals surface area contributed by atoms with Gasteiger partial charge in [-0.05, 0) is 17.5 Å². The fourth-order valence-electron chi connectivity index (χ4n) is 1.11. The maximum atomic E-state index is 11.8. The number of alkyl halides is 1. The number of hydrogen-bond donors (Lipinski definition) is 1. The van der Waals surface area contributed by atoms with Gasteiger partial charge in [-0.15, -0.1) is 11.6 Å². The molecule has 88 valence electrons. The molecular formula is C12H15Cl2NO. The molecule has 1 N–H and O–H groups in total. The number of hydrogen-bond acceptors (Lipinski definition) is 1. The van der Waals surface area contributed by atoms with Gasteiger partial charge in [0, 0.05) is 12.4 Å². The molecule has 0 unspecified atom stereocenters. The van der Waals surface area contributed by atoms with Gasteiger partial charge in [-0.1, -0.05) is 37.6 Å². The Balaban J connectivity index is 2.64. The standard InChI is InChI=1S/C12H15Cl2NO/c1-12(2,7-13)8-15-11(16)9-5-3-4-6-10(9)14/h3-6H,7-8H2,1-2H3,(H,15,16). The molecule has 1 aromatic carbocycles. The zero-order valence-electron chi connectivity index (χ0n) is 9.39. The Morgan fingerprint density at radius 3 is 2.56 bits per heavy atom. The lowest BCUT2D eigenvalue weighted by Gasteiger charge is -2.21. The quantitative estimate of drug-likeness (QED) is 0.826. The van der Waals surface area contributed by atoms with E-state index in [0.717, 1.165) is 0 Å². The zero-order chi connectivity index (χ0) is 12.2. The fourth-order valence-corrected chi connectivity index (χ4v) is 1.42. The molecule has 16 heavy (non-hydrogen) atoms. The van der Waals surface area contributed by atoms with Gasteiger partial charge < -0.3 is 5.32 Å². The van der Waals surface area contributed by atoms with Crippen LogP contribution in [0.25, 0.3) is 0 Å². The summed E-state index contributed by atoms with van der Waals surface area (Å²) >= 11 is 11.7. The number of rotatable bonds is 4. The van der Waals surface area contributed by atoms with Crippen LogP contribution in [0.4, 0.5) is 0 Å². The highest BCUT2D eigenvalue weighted by molar-refractivity contribution is 6.33. The summed E-state index contributed by atoms with van der Waals surface area (Å²) in [5.74, 6) is 0.333. The van der Waals surface area contributed by atoms with Crippen LogP contribution in [0.2, 0.25) is 5.02 Å². The highest BCUT2D eigenvalue weighted by Crippen LogP contribution is 2.17. The van der Waals surface area contributed by atoms with Gasteiger partial charge in [0.2, 0.25) is 0 Å². The average Bonchev–Trinajstić information content (AvgIpc) is 2.27. The predicted octanol–water partition coefficient (Wildman–Crippen LogP) is 3.33. The molecule has 0 aromatic heterocycles. The Hall–Kier alpha value is -0.730. The summed E-state index contributed by atoms with van der Waals surface area (Å²) in [6, 6.07) is 6.98. The van der Waals surface area contributed by atoms with Crippen molar-refractivity contribution < 1.29 is 4.79 Å². The van der Waals surface area contributed by atoms with E-state index in [-0.39, 0.29) is 11.3 Å². The van der Waals surface area contributed by atoms with Crippen molar-refractivity contribution in [2.24, 2.45) is 5.41 Å². The number of halogens is 2. The van der Waals surface area contributed by atoms with E-state index in [9.17, 15) is 4.79 Å². The van der Waals surface area contributed by atoms with Gasteiger partial charge in [-0.3, -0.25) is 4.79 Å². The number of nitrogens with one attached hydrogen (secondary N) is 1. The second-order valence-corrected chi connectivity index (χ2v) is 5.13. The smallest absolute Gasteiger partial charge is 0.252 e. The first-order chi connectivity index (χ1) is 7.46. The van der Waals surface area contributed by atoms with Gasteiger partial charge in [-0.25, -0.2) is 0 Å². The van der Waals surface area contributed by atoms with Crippen LogP contribution in [0.15, 0.2) is 24.3 Å². The highest BCUT2D eigenvalue weighted by Gasteiger charge is 2.18. The lowest BCUT2D eigenvalue weighted by molar-refractivity contribution is 0.0940. The molecule has 0 aliphatic rings. The molecule has 0 heterocycles. The van der Waals surface area contributed by atoms with Crippen LogP contribution in [0.5, 0.6) is 0 Å². The van der Waals surface area contributed by atoms with Crippen molar-refractivity contribution in [1.29, 1.82) is 0 Å². The third-order valence-corrected chi connectivity index (χ3v) is 3.26. The Morgan fingerprint density at radius 1 is 1.38 bits per heavy atom. The first-order valence-corrected chi connectivity index (χ1v) is 5.96. The monoisotopic (exact) mass is 259 g/mol. The van der Waals surface area contributed by atoms with Gasteiger partial charge in [0.15, 0.2) is 0 Å². The molecule has 1 aromatic rings. The van der Waals surface area contributed by atoms with Crippen LogP contribution in [0, 0.1) is 5.41 Å². The summed E-state index contributed by atoms with van der Waals surface area (Å²) < 4.78 is 0. The van der Waals surface area contributed by atoms with E-state index in [1.807, 2.05) is 13.8 Å². The Kier molecular flexibility index (Phi) is 4.63. The molecule has 0 spiro atoms. The first kappa shape index (κ1) is 13.3. The second-order valence-electron chi connectivity index (χ2n) is 4.46. The minimum atomic E-state index is -0.163. The predicted molar refractivity (Wildman–Crippen MR) is 68.3 cm³/mol. The minimum absolute atomic E-state index is 0.113. The molecule has 0 radical (unpaired) electrons. The molecule has 0 atom stereocenters. The van der Waals surface area contributed by atoms with E-state index >= 15 is 0 Å². The number of amides is 1. The normalized spacial score (nSPS) is 11.2. The van der Waals surface area contributed by atoms with E-state index in [1.165, 1.54) is 0 Å². The lowest BCUT2D eigenvalue weighted by atomic mass is 9.96. The molecule has 0 bridgehead atoms. The van der Waals surface area contributed by atoms with Gasteiger partial charge >= 0.3 is 0 Å². The number of benzene rings is 1. The fraction of sp³-hybridized carbons (Fsp3) is 0.417. The minimum Gasteiger partial charge on any atom is -0.351 e. The van der Waals surface area contributed by atoms with E-state index in [0.29, 0.717) is 23.0 Å². The van der Waals surface area contributed by atoms with Gasteiger partial charge in [0.25, 0.3) is 5.91 Å². The summed E-state index contributed by atoms with van der Waals surface area (Å²) in [6.45, 7) is 4.51. The summed E-state index contributed by atoms with van der Waals surface area (Å²) in [6.07, 6.45) is 0. The average molecular weight is 260 g/mol. The second kappa shape index (κ2) is 5.55. The third-order valence-electron chi connectivity index (χ3n) is 2.21. The van der Waals surface area contributed by atoms with Crippen LogP contribution in [0.1, 0.15) is 24.2 Å². The molecule has 0 aliphatic heterocycles. The van der Waals surface area contributed by atoms with Crippen molar-refractivity contribution in [2.75, 3.05) is 12.4 Å². The SMILES string of the molecule is CC(C)(CCl)CNC(=O)c1ccccc1Cl. The first-order valence-electron chi connectivity index (χ1n) is 5.05. The summed E-state index contributed by atoms with van der Waals surface area (Å²) in [5, 5.41) is 3.28. The van der Waals surface area contributed by atoms with Crippen molar-refractivity contribution >= 4 is 29.1 Å². The summed E-state index contributed by atoms with van der Waals surface area (Å²) in [7, 11) is 0. The van der Waals surface area contributed by atoms with Crippen molar-refractivity contribution in [3.05, 3.63) is 34.9 Å². The Labute approximate surface area is 106 Å². The summed E-state index contributed by atoms with van der Waals surface area (Å²) in [5.41, 5.74) is 0.382. The van der Waals surface area contributed by atoms with Crippen LogP contribution in [-0.2, 0) is 0 Å². The Morgan fingerprint density at radius 2 is 2.00 bits per heavy atom. The molecule has 0 fully saturated rings. The van der Waals surface area contributed by atoms with Crippen LogP contribution >= 0.6 is 23.2 Å². The molecule has 0 aliphatic carbocycles. The molecule has 0 saturated heterocycles. The van der Waals surface area contributed by atoms with Crippen molar-refractivity contribution in [3.63, 3.8) is 0 Å². The lowest BCUT2D eigenvalue weighted by Crippen LogP contribution is -2.35. The summed E-state index contributed by atoms with van der Waals surface area (Å²) in [4.78, 5) is 11.8. The zero-order valence-corrected chi connectivity index (χ0v) is 10.9. The van der Waals surface area contributed by atoms with Crippen LogP contribution < -0.4 is 5.32 Å². The number of carbonyl (C=O) groups is 1. The molecule has 2 nitrogen and oxygen atoms in total. The van der Waals surface area contributed by atoms with Crippen molar-refractivity contribution in [2.45, 2.75) is 13.8 Å². The van der Waals surface area contributed by atoms with Gasteiger partial charge in [0.1, 0.15) is 0 Å². The molecule has 0 saturated carbocycles. The number of carbonyl (C=O) groups excluding carboxylic acids is 1. The van der Waals surface area contributed by atoms with Crippen LogP contribution in [0.3, 0.4) is 0 Å². The van der Waals surface area contributed by atoms with E-state index in [2.05, 4.69) is 5.32 Å². The maximum Gasteiger partial charge on any atom is 0.252 e. The third kappa shape index (κ3) is 3.69. The highest BCUT2D eigenvalue weighted by atomic mass is 35.5. The van der Waals surface area contributed by atoms with Gasteiger partial charge in [0.05, 0.1) is 10.6 Å². The van der Waals surface area contributed by atoms with Crippen LogP contribution in [-0.4, -0.2) is 18.3 Å². The Bertz CT molecular complexity index is 377. The molecular weight excluding hydrogens is 245 g/mol. The maximum absolute atomic E-state index is 11.8. The largest absolute Gasteiger partial charge is 0.351 e. The van der Waals surface area contributed by atoms with Gasteiger partial charge in [-0.2, -0.15) is 0 Å². The van der Waals surface area contributed by atoms with Crippen molar-refractivity contribution in [3.8, 4) is 0 Å². The topological polar surface area (TPSA) is 29.1 Å². The van der Waals surface area contributed by atoms with E-state index in [1.54, 1.807) is 24.3 Å². The van der Waals surface area contributed by atoms with E-state index < -0.39 is 0 Å². The molecule has 1 rings (SSSR count). The van der Waals surface area contributed by atoms with E-state index in [4.69, 9.17) is 23.2 Å².